The van der Waals surface area contributed by atoms with Crippen LogP contribution in [-0.4, -0.2) is 127 Å². The average Bonchev–Trinajstić information content (AvgIpc) is 3.70. The summed E-state index contributed by atoms with van der Waals surface area (Å²) in [5.41, 5.74) is 6.45. The number of methoxy groups -OCH3 is 2. The van der Waals surface area contributed by atoms with Crippen LogP contribution in [0.4, 0.5) is 0 Å². The van der Waals surface area contributed by atoms with Gasteiger partial charge in [-0.15, -0.1) is 0 Å². The van der Waals surface area contributed by atoms with Gasteiger partial charge in [0.15, 0.2) is 5.78 Å². The number of carboxylic acid groups (broad SMARTS) is 1. The number of carbonyl (C=O) groups excluding carboxylic acids is 5. The molecule has 1 aromatic carbocycles. The Morgan fingerprint density at radius 1 is 0.850 bits per heavy atom. The Bertz CT molecular complexity index is 1520. The van der Waals surface area contributed by atoms with E-state index in [0.717, 1.165) is 18.4 Å². The second-order valence-electron chi connectivity index (χ2n) is 17.8. The lowest BCUT2D eigenvalue weighted by Crippen LogP contribution is -2.54. The number of amides is 3. The number of unbranched alkanes of at least 4 members (excludes halogenated alkanes) is 2. The smallest absolute Gasteiger partial charge is 0.307 e. The maximum absolute atomic E-state index is 14.5. The molecule has 0 aliphatic carbocycles. The Labute approximate surface area is 360 Å². The van der Waals surface area contributed by atoms with Gasteiger partial charge in [0.1, 0.15) is 5.78 Å². The van der Waals surface area contributed by atoms with E-state index in [1.807, 2.05) is 71.9 Å². The molecular formula is C47H78N4O9. The highest BCUT2D eigenvalue weighted by atomic mass is 16.5. The number of carboxylic acids is 1. The van der Waals surface area contributed by atoms with Crippen molar-refractivity contribution in [2.24, 2.45) is 41.2 Å². The number of nitrogens with two attached hydrogens (primary N) is 1. The second kappa shape index (κ2) is 25.9. The lowest BCUT2D eigenvalue weighted by molar-refractivity contribution is -0.150. The van der Waals surface area contributed by atoms with Crippen LogP contribution in [0.2, 0.25) is 0 Å². The molecule has 1 aliphatic rings. The zero-order valence-corrected chi connectivity index (χ0v) is 38.6. The van der Waals surface area contributed by atoms with Crippen LogP contribution in [0.25, 0.3) is 0 Å². The van der Waals surface area contributed by atoms with Gasteiger partial charge < -0.3 is 35.0 Å². The van der Waals surface area contributed by atoms with Crippen LogP contribution in [0.5, 0.6) is 0 Å². The number of likely N-dealkylation sites (tertiary alicyclic amines) is 1. The number of hydrogen-bond donors (Lipinski definition) is 2. The van der Waals surface area contributed by atoms with E-state index in [0.29, 0.717) is 45.2 Å². The number of carbonyl (C=O) groups is 6. The highest BCUT2D eigenvalue weighted by Gasteiger charge is 2.43. The van der Waals surface area contributed by atoms with Gasteiger partial charge in [0.2, 0.25) is 17.7 Å². The highest BCUT2D eigenvalue weighted by molar-refractivity contribution is 5.93. The quantitative estimate of drug-likeness (QED) is 0.0946. The van der Waals surface area contributed by atoms with Crippen molar-refractivity contribution in [2.45, 2.75) is 149 Å². The van der Waals surface area contributed by atoms with Crippen LogP contribution in [0.15, 0.2) is 30.3 Å². The van der Waals surface area contributed by atoms with Crippen molar-refractivity contribution in [3.05, 3.63) is 35.9 Å². The molecule has 1 saturated heterocycles. The van der Waals surface area contributed by atoms with Crippen molar-refractivity contribution in [3.8, 4) is 0 Å². The zero-order chi connectivity index (χ0) is 45.3. The number of ketones is 2. The maximum Gasteiger partial charge on any atom is 0.307 e. The van der Waals surface area contributed by atoms with Gasteiger partial charge in [0, 0.05) is 66.0 Å². The summed E-state index contributed by atoms with van der Waals surface area (Å²) < 4.78 is 12.0. The number of rotatable bonds is 28. The van der Waals surface area contributed by atoms with Crippen molar-refractivity contribution in [2.75, 3.05) is 41.4 Å². The molecule has 3 N–H and O–H groups in total. The van der Waals surface area contributed by atoms with Gasteiger partial charge in [0.05, 0.1) is 42.7 Å². The third kappa shape index (κ3) is 14.8. The molecule has 340 valence electrons. The molecule has 13 heteroatoms. The normalized spacial score (nSPS) is 18.3. The number of Topliss-reactive ketones (excluding diaryl/α,β-unsaturated/α-hetero) is 2. The summed E-state index contributed by atoms with van der Waals surface area (Å²) in [5, 5.41) is 9.98. The summed E-state index contributed by atoms with van der Waals surface area (Å²) in [6.45, 7) is 14.5. The van der Waals surface area contributed by atoms with Crippen molar-refractivity contribution in [3.63, 3.8) is 0 Å². The summed E-state index contributed by atoms with van der Waals surface area (Å²) in [7, 11) is 6.46. The highest BCUT2D eigenvalue weighted by Crippen LogP contribution is 2.32. The minimum atomic E-state index is -1.04. The van der Waals surface area contributed by atoms with Crippen molar-refractivity contribution >= 4 is 35.3 Å². The first-order valence-corrected chi connectivity index (χ1v) is 22.3. The first-order chi connectivity index (χ1) is 28.4. The summed E-state index contributed by atoms with van der Waals surface area (Å²) in [6, 6.07) is 7.67. The Morgan fingerprint density at radius 3 is 2.03 bits per heavy atom. The Kier molecular flexibility index (Phi) is 22.7. The first-order valence-electron chi connectivity index (χ1n) is 22.3. The van der Waals surface area contributed by atoms with Crippen molar-refractivity contribution in [1.82, 2.24) is 14.7 Å². The van der Waals surface area contributed by atoms with Crippen LogP contribution < -0.4 is 5.73 Å². The van der Waals surface area contributed by atoms with E-state index in [1.165, 1.54) is 7.11 Å². The molecule has 3 amide bonds. The van der Waals surface area contributed by atoms with Crippen LogP contribution >= 0.6 is 0 Å². The third-order valence-corrected chi connectivity index (χ3v) is 12.9. The largest absolute Gasteiger partial charge is 0.481 e. The molecule has 60 heavy (non-hydrogen) atoms. The van der Waals surface area contributed by atoms with E-state index in [-0.39, 0.29) is 72.7 Å². The molecule has 1 fully saturated rings. The Morgan fingerprint density at radius 2 is 1.50 bits per heavy atom. The molecule has 0 radical (unpaired) electrons. The predicted molar refractivity (Wildman–Crippen MR) is 234 cm³/mol. The van der Waals surface area contributed by atoms with E-state index in [4.69, 9.17) is 15.2 Å². The Hall–Kier alpha value is -3.68. The molecule has 0 aromatic heterocycles. The van der Waals surface area contributed by atoms with Gasteiger partial charge in [-0.05, 0) is 62.0 Å². The minimum absolute atomic E-state index is 0.0184. The van der Waals surface area contributed by atoms with Crippen LogP contribution in [0.1, 0.15) is 118 Å². The van der Waals surface area contributed by atoms with Gasteiger partial charge in [-0.3, -0.25) is 28.8 Å². The predicted octanol–water partition coefficient (Wildman–Crippen LogP) is 6.04. The molecule has 0 spiro atoms. The van der Waals surface area contributed by atoms with Gasteiger partial charge in [-0.25, -0.2) is 0 Å². The molecule has 0 bridgehead atoms. The molecule has 1 unspecified atom stereocenters. The topological polar surface area (TPSA) is 177 Å². The number of nitrogens with zero attached hydrogens (tertiary/aromatic N) is 3. The number of ether oxygens (including phenoxy) is 2. The fraction of sp³-hybridized carbons (Fsp3) is 0.745. The third-order valence-electron chi connectivity index (χ3n) is 12.9. The van der Waals surface area contributed by atoms with Crippen LogP contribution in [-0.2, 0) is 44.7 Å². The number of aliphatic carboxylic acids is 1. The molecule has 9 atom stereocenters. The summed E-state index contributed by atoms with van der Waals surface area (Å²) in [4.78, 5) is 86.8. The summed E-state index contributed by atoms with van der Waals surface area (Å²) in [5.74, 6) is -4.53. The van der Waals surface area contributed by atoms with E-state index < -0.39 is 54.1 Å². The van der Waals surface area contributed by atoms with Gasteiger partial charge in [-0.1, -0.05) is 91.6 Å². The summed E-state index contributed by atoms with van der Waals surface area (Å²) >= 11 is 0. The molecule has 1 heterocycles. The van der Waals surface area contributed by atoms with Crippen molar-refractivity contribution in [1.29, 1.82) is 0 Å². The standard InChI is InChI=1S/C47H78N4O9/c1-12-32(6)44(50(9)46(56)36(30(2)3)28-39(53)43(31(4)5)49(8)41(54)23-17-14-18-24-48)40(59-10)29-42(55)51-25-19-22-37(51)45(60-11)33(7)38(52)27-35(47(57)58)26-34-20-15-13-16-21-34/h13,15-16,20-21,30-33,35-37,40,43-45H,12,14,17-19,22-29,48H2,1-11H3,(H,57,58)/t32-,33-,35+,36-,37-,40+,43-,44-,45?/m0/s1. The molecule has 1 aromatic rings. The lowest BCUT2D eigenvalue weighted by atomic mass is 9.83. The Balaban J connectivity index is 2.27. The zero-order valence-electron chi connectivity index (χ0n) is 38.6. The average molecular weight is 843 g/mol. The van der Waals surface area contributed by atoms with Crippen LogP contribution in [0.3, 0.4) is 0 Å². The van der Waals surface area contributed by atoms with E-state index in [2.05, 4.69) is 0 Å². The molecular weight excluding hydrogens is 765 g/mol. The minimum Gasteiger partial charge on any atom is -0.481 e. The monoisotopic (exact) mass is 843 g/mol. The summed E-state index contributed by atoms with van der Waals surface area (Å²) in [6.07, 6.45) is 3.47. The van der Waals surface area contributed by atoms with Crippen molar-refractivity contribution < 1.29 is 43.3 Å². The number of likely N-dealkylation sites (N-methyl/N-ethyl adjacent to an activating group) is 2. The molecule has 13 nitrogen and oxygen atoms in total. The van der Waals surface area contributed by atoms with Gasteiger partial charge >= 0.3 is 5.97 Å². The van der Waals surface area contributed by atoms with Gasteiger partial charge in [-0.2, -0.15) is 0 Å². The molecule has 2 rings (SSSR count). The number of benzene rings is 1. The lowest BCUT2D eigenvalue weighted by Gasteiger charge is -2.41. The van der Waals surface area contributed by atoms with E-state index in [9.17, 15) is 33.9 Å². The SMILES string of the molecule is CC[C@H](C)[C@@H]([C@@H](CC(=O)N1CCC[C@H]1C(OC)[C@@H](C)C(=O)C[C@@H](Cc1ccccc1)C(=O)O)OC)N(C)C(=O)[C@@H](CC(=O)[C@H](C(C)C)N(C)C(=O)CCCCCN)C(C)C. The van der Waals surface area contributed by atoms with E-state index >= 15 is 0 Å². The number of hydrogen-bond acceptors (Lipinski definition) is 9. The fourth-order valence-electron chi connectivity index (χ4n) is 9.09. The molecule has 0 saturated carbocycles. The maximum atomic E-state index is 14.5. The molecule has 1 aliphatic heterocycles. The fourth-order valence-corrected chi connectivity index (χ4v) is 9.09. The second-order valence-corrected chi connectivity index (χ2v) is 17.8. The first kappa shape index (κ1) is 52.5. The van der Waals surface area contributed by atoms with Gasteiger partial charge in [0.25, 0.3) is 0 Å². The van der Waals surface area contributed by atoms with Crippen LogP contribution in [0, 0.1) is 35.5 Å². The van der Waals surface area contributed by atoms with E-state index in [1.54, 1.807) is 42.8 Å².